The third kappa shape index (κ3) is 6.71. The molecule has 2 heteroatoms. The van der Waals surface area contributed by atoms with Gasteiger partial charge in [0.05, 0.1) is 0 Å². The van der Waals surface area contributed by atoms with E-state index in [0.29, 0.717) is 0 Å². The smallest absolute Gasteiger partial charge is 0.00953 e. The zero-order chi connectivity index (χ0) is 12.3. The summed E-state index contributed by atoms with van der Waals surface area (Å²) < 4.78 is 0. The highest BCUT2D eigenvalue weighted by atomic mass is 32.2. The standard InChI is InChI=1S/C15H31NS/c1-3-12-16-15(14-9-5-6-10-14)11-7-8-13-17-4-2/h14-16H,3-13H2,1-2H3. The Bertz CT molecular complexity index is 166. The van der Waals surface area contributed by atoms with E-state index >= 15 is 0 Å². The maximum Gasteiger partial charge on any atom is 0.00953 e. The Labute approximate surface area is 113 Å². The minimum atomic E-state index is 0.823. The minimum absolute atomic E-state index is 0.823. The fourth-order valence-corrected chi connectivity index (χ4v) is 3.60. The lowest BCUT2D eigenvalue weighted by Gasteiger charge is -2.24. The van der Waals surface area contributed by atoms with Crippen LogP contribution >= 0.6 is 11.8 Å². The van der Waals surface area contributed by atoms with Crippen molar-refractivity contribution >= 4 is 11.8 Å². The van der Waals surface area contributed by atoms with Crippen LogP contribution in [0.1, 0.15) is 65.2 Å². The summed E-state index contributed by atoms with van der Waals surface area (Å²) in [6, 6.07) is 0.823. The summed E-state index contributed by atoms with van der Waals surface area (Å²) in [4.78, 5) is 0. The van der Waals surface area contributed by atoms with Gasteiger partial charge in [-0.05, 0) is 56.1 Å². The van der Waals surface area contributed by atoms with Crippen LogP contribution in [-0.4, -0.2) is 24.1 Å². The molecule has 1 aliphatic rings. The molecule has 0 aromatic heterocycles. The SMILES string of the molecule is CCCNC(CCCCSCC)C1CCCC1. The molecule has 1 saturated carbocycles. The van der Waals surface area contributed by atoms with Crippen molar-refractivity contribution in [3.05, 3.63) is 0 Å². The number of thioether (sulfide) groups is 1. The number of hydrogen-bond acceptors (Lipinski definition) is 2. The molecule has 0 aliphatic heterocycles. The first-order valence-corrected chi connectivity index (χ1v) is 8.85. The first-order valence-electron chi connectivity index (χ1n) is 7.69. The number of nitrogens with one attached hydrogen (secondary N) is 1. The molecule has 1 rings (SSSR count). The highest BCUT2D eigenvalue weighted by Crippen LogP contribution is 2.29. The molecule has 102 valence electrons. The fourth-order valence-electron chi connectivity index (χ4n) is 2.91. The second kappa shape index (κ2) is 10.3. The average molecular weight is 257 g/mol. The van der Waals surface area contributed by atoms with Gasteiger partial charge in [-0.15, -0.1) is 0 Å². The average Bonchev–Trinajstić information content (AvgIpc) is 2.86. The molecule has 1 atom stereocenters. The molecule has 17 heavy (non-hydrogen) atoms. The van der Waals surface area contributed by atoms with Crippen molar-refractivity contribution in [1.82, 2.24) is 5.32 Å². The van der Waals surface area contributed by atoms with E-state index in [1.807, 2.05) is 0 Å². The summed E-state index contributed by atoms with van der Waals surface area (Å²) in [6.45, 7) is 5.75. The lowest BCUT2D eigenvalue weighted by Crippen LogP contribution is -2.35. The monoisotopic (exact) mass is 257 g/mol. The van der Waals surface area contributed by atoms with Gasteiger partial charge in [-0.3, -0.25) is 0 Å². The molecule has 0 bridgehead atoms. The van der Waals surface area contributed by atoms with E-state index in [0.717, 1.165) is 12.0 Å². The molecule has 1 aliphatic carbocycles. The van der Waals surface area contributed by atoms with Crippen molar-refractivity contribution < 1.29 is 0 Å². The van der Waals surface area contributed by atoms with Gasteiger partial charge in [-0.2, -0.15) is 11.8 Å². The van der Waals surface area contributed by atoms with E-state index in [1.54, 1.807) is 0 Å². The third-order valence-electron chi connectivity index (χ3n) is 3.88. The van der Waals surface area contributed by atoms with Gasteiger partial charge in [0, 0.05) is 6.04 Å². The lowest BCUT2D eigenvalue weighted by atomic mass is 9.93. The molecular formula is C15H31NS. The highest BCUT2D eigenvalue weighted by Gasteiger charge is 2.23. The maximum atomic E-state index is 3.80. The summed E-state index contributed by atoms with van der Waals surface area (Å²) in [6.07, 6.45) is 11.4. The van der Waals surface area contributed by atoms with E-state index < -0.39 is 0 Å². The molecule has 1 unspecified atom stereocenters. The summed E-state index contributed by atoms with van der Waals surface area (Å²) in [5.41, 5.74) is 0. The summed E-state index contributed by atoms with van der Waals surface area (Å²) in [5, 5.41) is 3.80. The van der Waals surface area contributed by atoms with Gasteiger partial charge in [-0.25, -0.2) is 0 Å². The van der Waals surface area contributed by atoms with Gasteiger partial charge in [0.2, 0.25) is 0 Å². The predicted molar refractivity (Wildman–Crippen MR) is 80.9 cm³/mol. The Morgan fingerprint density at radius 3 is 2.59 bits per heavy atom. The van der Waals surface area contributed by atoms with Gasteiger partial charge in [0.25, 0.3) is 0 Å². The molecule has 0 radical (unpaired) electrons. The summed E-state index contributed by atoms with van der Waals surface area (Å²) in [7, 11) is 0. The molecule has 0 aromatic carbocycles. The normalized spacial score (nSPS) is 18.7. The van der Waals surface area contributed by atoms with Crippen molar-refractivity contribution in [3.8, 4) is 0 Å². The second-order valence-electron chi connectivity index (χ2n) is 5.30. The van der Waals surface area contributed by atoms with Gasteiger partial charge in [0.15, 0.2) is 0 Å². The molecular weight excluding hydrogens is 226 g/mol. The zero-order valence-electron chi connectivity index (χ0n) is 11.8. The predicted octanol–water partition coefficient (Wildman–Crippen LogP) is 4.47. The fraction of sp³-hybridized carbons (Fsp3) is 1.00. The van der Waals surface area contributed by atoms with Gasteiger partial charge < -0.3 is 5.32 Å². The molecule has 0 saturated heterocycles. The van der Waals surface area contributed by atoms with Crippen molar-refractivity contribution in [3.63, 3.8) is 0 Å². The van der Waals surface area contributed by atoms with Crippen molar-refractivity contribution in [2.75, 3.05) is 18.1 Å². The largest absolute Gasteiger partial charge is 0.314 e. The first-order chi connectivity index (χ1) is 8.38. The van der Waals surface area contributed by atoms with E-state index in [2.05, 4.69) is 30.9 Å². The highest BCUT2D eigenvalue weighted by molar-refractivity contribution is 7.99. The second-order valence-corrected chi connectivity index (χ2v) is 6.69. The molecule has 1 nitrogen and oxygen atoms in total. The van der Waals surface area contributed by atoms with Crippen LogP contribution in [0.5, 0.6) is 0 Å². The molecule has 0 amide bonds. The van der Waals surface area contributed by atoms with Crippen molar-refractivity contribution in [1.29, 1.82) is 0 Å². The molecule has 0 spiro atoms. The van der Waals surface area contributed by atoms with Crippen LogP contribution in [0.25, 0.3) is 0 Å². The van der Waals surface area contributed by atoms with Crippen LogP contribution in [0.15, 0.2) is 0 Å². The van der Waals surface area contributed by atoms with Crippen molar-refractivity contribution in [2.45, 2.75) is 71.3 Å². The maximum absolute atomic E-state index is 3.80. The molecule has 0 aromatic rings. The minimum Gasteiger partial charge on any atom is -0.314 e. The van der Waals surface area contributed by atoms with Crippen LogP contribution in [0.3, 0.4) is 0 Å². The number of unbranched alkanes of at least 4 members (excludes halogenated alkanes) is 1. The first kappa shape index (κ1) is 15.4. The Balaban J connectivity index is 2.15. The van der Waals surface area contributed by atoms with E-state index in [9.17, 15) is 0 Å². The number of rotatable bonds is 10. The molecule has 0 heterocycles. The zero-order valence-corrected chi connectivity index (χ0v) is 12.7. The quantitative estimate of drug-likeness (QED) is 0.580. The topological polar surface area (TPSA) is 12.0 Å². The summed E-state index contributed by atoms with van der Waals surface area (Å²) >= 11 is 2.09. The lowest BCUT2D eigenvalue weighted by molar-refractivity contribution is 0.334. The van der Waals surface area contributed by atoms with Crippen LogP contribution in [0, 0.1) is 5.92 Å². The van der Waals surface area contributed by atoms with Crippen LogP contribution < -0.4 is 5.32 Å². The third-order valence-corrected chi connectivity index (χ3v) is 4.87. The Morgan fingerprint density at radius 1 is 1.18 bits per heavy atom. The Morgan fingerprint density at radius 2 is 1.94 bits per heavy atom. The van der Waals surface area contributed by atoms with Crippen LogP contribution in [-0.2, 0) is 0 Å². The van der Waals surface area contributed by atoms with E-state index in [-0.39, 0.29) is 0 Å². The molecule has 1 N–H and O–H groups in total. The van der Waals surface area contributed by atoms with Crippen molar-refractivity contribution in [2.24, 2.45) is 5.92 Å². The Hall–Kier alpha value is 0.310. The van der Waals surface area contributed by atoms with Crippen LogP contribution in [0.4, 0.5) is 0 Å². The van der Waals surface area contributed by atoms with Gasteiger partial charge in [0.1, 0.15) is 0 Å². The summed E-state index contributed by atoms with van der Waals surface area (Å²) in [5.74, 6) is 3.63. The van der Waals surface area contributed by atoms with Gasteiger partial charge in [-0.1, -0.05) is 33.1 Å². The van der Waals surface area contributed by atoms with E-state index in [1.165, 1.54) is 69.4 Å². The number of hydrogen-bond donors (Lipinski definition) is 1. The van der Waals surface area contributed by atoms with E-state index in [4.69, 9.17) is 0 Å². The Kier molecular flexibility index (Phi) is 9.27. The molecule has 1 fully saturated rings. The van der Waals surface area contributed by atoms with Gasteiger partial charge >= 0.3 is 0 Å². The van der Waals surface area contributed by atoms with Crippen LogP contribution in [0.2, 0.25) is 0 Å².